The molecule has 0 radical (unpaired) electrons. The van der Waals surface area contributed by atoms with E-state index in [1.807, 2.05) is 0 Å². The van der Waals surface area contributed by atoms with Crippen LogP contribution in [0.15, 0.2) is 60.7 Å². The first-order valence-corrected chi connectivity index (χ1v) is 9.67. The van der Waals surface area contributed by atoms with E-state index in [2.05, 4.69) is 67.6 Å². The van der Waals surface area contributed by atoms with Crippen molar-refractivity contribution in [2.24, 2.45) is 0 Å². The molecule has 112 valence electrons. The zero-order chi connectivity index (χ0) is 14.8. The van der Waals surface area contributed by atoms with Gasteiger partial charge in [0.15, 0.2) is 9.76 Å². The van der Waals surface area contributed by atoms with E-state index in [0.717, 1.165) is 13.0 Å². The predicted molar refractivity (Wildman–Crippen MR) is 93.6 cm³/mol. The summed E-state index contributed by atoms with van der Waals surface area (Å²) in [6, 6.07) is 22.9. The maximum atomic E-state index is 5.95. The summed E-state index contributed by atoms with van der Waals surface area (Å²) in [5.41, 5.74) is 2.78. The summed E-state index contributed by atoms with van der Waals surface area (Å²) in [4.78, 5) is 0. The molecular formula is C19H26OSi. The summed E-state index contributed by atoms with van der Waals surface area (Å²) in [7, 11) is -0.302. The Morgan fingerprint density at radius 1 is 0.905 bits per heavy atom. The number of benzene rings is 2. The van der Waals surface area contributed by atoms with Crippen molar-refractivity contribution < 1.29 is 4.43 Å². The molecule has 0 saturated carbocycles. The van der Waals surface area contributed by atoms with Gasteiger partial charge in [0.25, 0.3) is 0 Å². The molecule has 0 heterocycles. The van der Waals surface area contributed by atoms with Crippen molar-refractivity contribution in [3.8, 4) is 0 Å². The van der Waals surface area contributed by atoms with Crippen LogP contribution in [0.4, 0.5) is 0 Å². The highest BCUT2D eigenvalue weighted by molar-refractivity contribution is 6.26. The molecule has 1 nitrogen and oxygen atoms in total. The van der Waals surface area contributed by atoms with Crippen LogP contribution in [0.3, 0.4) is 0 Å². The molecule has 0 unspecified atom stereocenters. The zero-order valence-electron chi connectivity index (χ0n) is 13.0. The Bertz CT molecular complexity index is 444. The Balaban J connectivity index is 1.94. The molecule has 2 heteroatoms. The molecule has 0 saturated heterocycles. The minimum absolute atomic E-state index is 0.302. The Hall–Kier alpha value is -1.38. The van der Waals surface area contributed by atoms with Gasteiger partial charge in [0.1, 0.15) is 0 Å². The zero-order valence-corrected chi connectivity index (χ0v) is 14.4. The maximum Gasteiger partial charge on any atom is 0.161 e. The molecular weight excluding hydrogens is 272 g/mol. The van der Waals surface area contributed by atoms with Crippen LogP contribution in [0.2, 0.25) is 6.04 Å². The Morgan fingerprint density at radius 3 is 2.00 bits per heavy atom. The fraction of sp³-hybridized carbons (Fsp3) is 0.368. The monoisotopic (exact) mass is 298 g/mol. The van der Waals surface area contributed by atoms with Crippen LogP contribution in [0.1, 0.15) is 43.2 Å². The second-order valence-electron chi connectivity index (χ2n) is 5.48. The van der Waals surface area contributed by atoms with Gasteiger partial charge >= 0.3 is 0 Å². The molecule has 2 aromatic carbocycles. The molecule has 0 bridgehead atoms. The standard InChI is InChI=1S/C19H26OSi/c1-2-3-16-21-20-15-14-19(17-10-6-4-7-11-17)18-12-8-5-9-13-18/h4-13,19H,2-3,14-16,21H2,1H3. The summed E-state index contributed by atoms with van der Waals surface area (Å²) < 4.78 is 5.95. The average Bonchev–Trinajstić information content (AvgIpc) is 2.56. The van der Waals surface area contributed by atoms with Gasteiger partial charge in [-0.2, -0.15) is 0 Å². The molecule has 0 aromatic heterocycles. The van der Waals surface area contributed by atoms with E-state index in [0.29, 0.717) is 5.92 Å². The van der Waals surface area contributed by atoms with Crippen molar-refractivity contribution in [2.75, 3.05) is 6.61 Å². The Morgan fingerprint density at radius 2 is 1.48 bits per heavy atom. The van der Waals surface area contributed by atoms with Crippen molar-refractivity contribution >= 4 is 9.76 Å². The molecule has 0 aliphatic carbocycles. The van der Waals surface area contributed by atoms with Gasteiger partial charge in [-0.1, -0.05) is 80.4 Å². The molecule has 0 atom stereocenters. The van der Waals surface area contributed by atoms with E-state index in [-0.39, 0.29) is 9.76 Å². The Kier molecular flexibility index (Phi) is 7.26. The van der Waals surface area contributed by atoms with Crippen LogP contribution in [0.25, 0.3) is 0 Å². The van der Waals surface area contributed by atoms with Crippen LogP contribution in [-0.4, -0.2) is 16.4 Å². The molecule has 0 fully saturated rings. The summed E-state index contributed by atoms with van der Waals surface area (Å²) in [5.74, 6) is 0.451. The van der Waals surface area contributed by atoms with Gasteiger partial charge in [-0.3, -0.25) is 0 Å². The number of rotatable bonds is 9. The summed E-state index contributed by atoms with van der Waals surface area (Å²) in [6.45, 7) is 3.14. The second kappa shape index (κ2) is 9.53. The van der Waals surface area contributed by atoms with E-state index < -0.39 is 0 Å². The van der Waals surface area contributed by atoms with Crippen LogP contribution >= 0.6 is 0 Å². The minimum atomic E-state index is -0.302. The lowest BCUT2D eigenvalue weighted by Gasteiger charge is -2.18. The van der Waals surface area contributed by atoms with Crippen LogP contribution in [-0.2, 0) is 4.43 Å². The van der Waals surface area contributed by atoms with Gasteiger partial charge in [-0.25, -0.2) is 0 Å². The lowest BCUT2D eigenvalue weighted by molar-refractivity contribution is 0.319. The van der Waals surface area contributed by atoms with Gasteiger partial charge in [-0.15, -0.1) is 0 Å². The largest absolute Gasteiger partial charge is 0.424 e. The summed E-state index contributed by atoms with van der Waals surface area (Å²) >= 11 is 0. The molecule has 0 aliphatic rings. The van der Waals surface area contributed by atoms with Gasteiger partial charge in [0.05, 0.1) is 0 Å². The number of unbranched alkanes of at least 4 members (excludes halogenated alkanes) is 1. The second-order valence-corrected chi connectivity index (χ2v) is 7.01. The molecule has 0 N–H and O–H groups in total. The predicted octanol–water partition coefficient (Wildman–Crippen LogP) is 4.53. The number of hydrogen-bond donors (Lipinski definition) is 0. The van der Waals surface area contributed by atoms with Gasteiger partial charge in [0.2, 0.25) is 0 Å². The third-order valence-corrected chi connectivity index (χ3v) is 5.21. The highest BCUT2D eigenvalue weighted by Crippen LogP contribution is 2.27. The highest BCUT2D eigenvalue weighted by Gasteiger charge is 2.13. The van der Waals surface area contributed by atoms with Crippen molar-refractivity contribution in [3.05, 3.63) is 71.8 Å². The van der Waals surface area contributed by atoms with E-state index in [4.69, 9.17) is 4.43 Å². The van der Waals surface area contributed by atoms with Crippen molar-refractivity contribution in [1.82, 2.24) is 0 Å². The lowest BCUT2D eigenvalue weighted by atomic mass is 9.89. The first-order chi connectivity index (χ1) is 10.4. The molecule has 0 spiro atoms. The van der Waals surface area contributed by atoms with E-state index in [1.54, 1.807) is 0 Å². The van der Waals surface area contributed by atoms with Crippen molar-refractivity contribution in [3.63, 3.8) is 0 Å². The molecule has 21 heavy (non-hydrogen) atoms. The highest BCUT2D eigenvalue weighted by atomic mass is 28.2. The normalized spacial score (nSPS) is 11.5. The third kappa shape index (κ3) is 5.48. The molecule has 2 rings (SSSR count). The molecule has 2 aromatic rings. The van der Waals surface area contributed by atoms with Crippen LogP contribution < -0.4 is 0 Å². The third-order valence-electron chi connectivity index (χ3n) is 3.85. The van der Waals surface area contributed by atoms with Crippen molar-refractivity contribution in [1.29, 1.82) is 0 Å². The van der Waals surface area contributed by atoms with E-state index >= 15 is 0 Å². The van der Waals surface area contributed by atoms with Gasteiger partial charge in [-0.05, 0) is 23.6 Å². The SMILES string of the molecule is CCCC[SiH2]OCCC(c1ccccc1)c1ccccc1. The smallest absolute Gasteiger partial charge is 0.161 e. The Labute approximate surface area is 131 Å². The van der Waals surface area contributed by atoms with Gasteiger partial charge < -0.3 is 4.43 Å². The maximum absolute atomic E-state index is 5.95. The van der Waals surface area contributed by atoms with Crippen LogP contribution in [0, 0.1) is 0 Å². The average molecular weight is 299 g/mol. The molecule has 0 amide bonds. The quantitative estimate of drug-likeness (QED) is 0.488. The lowest BCUT2D eigenvalue weighted by Crippen LogP contribution is -2.07. The first kappa shape index (κ1) is 16.0. The van der Waals surface area contributed by atoms with E-state index in [9.17, 15) is 0 Å². The van der Waals surface area contributed by atoms with E-state index in [1.165, 1.54) is 30.0 Å². The first-order valence-electron chi connectivity index (χ1n) is 8.09. The van der Waals surface area contributed by atoms with Crippen molar-refractivity contribution in [2.45, 2.75) is 38.1 Å². The fourth-order valence-electron chi connectivity index (χ4n) is 2.65. The summed E-state index contributed by atoms with van der Waals surface area (Å²) in [5, 5.41) is 0. The topological polar surface area (TPSA) is 9.23 Å². The summed E-state index contributed by atoms with van der Waals surface area (Å²) in [6.07, 6.45) is 3.69. The van der Waals surface area contributed by atoms with Gasteiger partial charge in [0, 0.05) is 12.5 Å². The molecule has 0 aliphatic heterocycles. The van der Waals surface area contributed by atoms with Crippen LogP contribution in [0.5, 0.6) is 0 Å². The fourth-order valence-corrected chi connectivity index (χ4v) is 3.93. The minimum Gasteiger partial charge on any atom is -0.424 e. The number of hydrogen-bond acceptors (Lipinski definition) is 1.